The number of imide groups is 1. The third kappa shape index (κ3) is 3.51. The van der Waals surface area contributed by atoms with E-state index >= 15 is 0 Å². The molecule has 2 fully saturated rings. The number of carbonyl (C=O) groups excluding carboxylic acids is 4. The van der Waals surface area contributed by atoms with Crippen molar-refractivity contribution in [1.29, 1.82) is 0 Å². The maximum atomic E-state index is 12.9. The molecule has 1 aromatic heterocycles. The van der Waals surface area contributed by atoms with Crippen LogP contribution in [0.5, 0.6) is 0 Å². The fourth-order valence-corrected chi connectivity index (χ4v) is 4.46. The molecular formula is C21H25N5O4. The van der Waals surface area contributed by atoms with Crippen molar-refractivity contribution in [2.45, 2.75) is 44.6 Å². The van der Waals surface area contributed by atoms with Crippen molar-refractivity contribution in [3.05, 3.63) is 36.0 Å². The highest BCUT2D eigenvalue weighted by molar-refractivity contribution is 6.09. The van der Waals surface area contributed by atoms with E-state index in [4.69, 9.17) is 0 Å². The number of aromatic amines is 1. The fourth-order valence-electron chi connectivity index (χ4n) is 4.46. The molecule has 4 N–H and O–H groups in total. The van der Waals surface area contributed by atoms with Crippen molar-refractivity contribution in [1.82, 2.24) is 26.1 Å². The molecule has 1 aromatic carbocycles. The second kappa shape index (κ2) is 7.81. The van der Waals surface area contributed by atoms with Gasteiger partial charge in [-0.3, -0.25) is 30.1 Å². The molecule has 9 heteroatoms. The van der Waals surface area contributed by atoms with E-state index in [1.165, 1.54) is 0 Å². The first-order valence-electron chi connectivity index (χ1n) is 10.2. The molecule has 1 saturated carbocycles. The Hall–Kier alpha value is -3.36. The number of aromatic nitrogens is 1. The number of urea groups is 1. The highest BCUT2D eigenvalue weighted by Gasteiger charge is 2.55. The van der Waals surface area contributed by atoms with E-state index in [0.717, 1.165) is 40.6 Å². The average Bonchev–Trinajstić information content (AvgIpc) is 3.24. The molecule has 9 nitrogen and oxygen atoms in total. The van der Waals surface area contributed by atoms with Crippen LogP contribution >= 0.6 is 0 Å². The lowest BCUT2D eigenvalue weighted by atomic mass is 9.73. The first kappa shape index (κ1) is 19.9. The zero-order chi connectivity index (χ0) is 21.3. The molecule has 158 valence electrons. The Labute approximate surface area is 173 Å². The van der Waals surface area contributed by atoms with Gasteiger partial charge in [-0.15, -0.1) is 0 Å². The Morgan fingerprint density at radius 1 is 1.17 bits per heavy atom. The van der Waals surface area contributed by atoms with Gasteiger partial charge in [-0.1, -0.05) is 38.0 Å². The number of rotatable bonds is 4. The molecule has 0 bridgehead atoms. The molecule has 2 atom stereocenters. The van der Waals surface area contributed by atoms with Crippen molar-refractivity contribution in [3.63, 3.8) is 0 Å². The van der Waals surface area contributed by atoms with Crippen LogP contribution in [0.4, 0.5) is 4.79 Å². The van der Waals surface area contributed by atoms with Crippen LogP contribution in [0, 0.1) is 5.92 Å². The highest BCUT2D eigenvalue weighted by atomic mass is 16.2. The van der Waals surface area contributed by atoms with Gasteiger partial charge in [-0.05, 0) is 30.4 Å². The Balaban J connectivity index is 1.32. The lowest BCUT2D eigenvalue weighted by Gasteiger charge is -2.36. The van der Waals surface area contributed by atoms with Gasteiger partial charge >= 0.3 is 6.03 Å². The van der Waals surface area contributed by atoms with E-state index < -0.39 is 29.9 Å². The van der Waals surface area contributed by atoms with E-state index in [9.17, 15) is 19.2 Å². The van der Waals surface area contributed by atoms with Crippen LogP contribution in [0.2, 0.25) is 0 Å². The average molecular weight is 411 g/mol. The summed E-state index contributed by atoms with van der Waals surface area (Å²) < 4.78 is 0. The first-order valence-corrected chi connectivity index (χ1v) is 10.2. The zero-order valence-electron chi connectivity index (χ0n) is 16.8. The molecule has 1 aliphatic heterocycles. The lowest BCUT2D eigenvalue weighted by molar-refractivity contribution is -0.137. The van der Waals surface area contributed by atoms with Crippen LogP contribution in [0.1, 0.15) is 38.2 Å². The minimum atomic E-state index is -0.909. The number of hydrazine groups is 1. The molecule has 1 aliphatic carbocycles. The largest absolute Gasteiger partial charge is 0.361 e. The summed E-state index contributed by atoms with van der Waals surface area (Å²) >= 11 is 0. The van der Waals surface area contributed by atoms with Crippen molar-refractivity contribution >= 4 is 34.7 Å². The van der Waals surface area contributed by atoms with Gasteiger partial charge in [0.2, 0.25) is 5.91 Å². The Kier molecular flexibility index (Phi) is 5.19. The third-order valence-electron chi connectivity index (χ3n) is 6.17. The van der Waals surface area contributed by atoms with E-state index in [2.05, 4.69) is 21.2 Å². The summed E-state index contributed by atoms with van der Waals surface area (Å²) in [6.07, 6.45) is 5.15. The molecule has 1 spiro atoms. The normalized spacial score (nSPS) is 23.6. The minimum Gasteiger partial charge on any atom is -0.361 e. The summed E-state index contributed by atoms with van der Waals surface area (Å²) in [5, 5.41) is 3.74. The zero-order valence-corrected chi connectivity index (χ0v) is 16.8. The fraction of sp³-hybridized carbons (Fsp3) is 0.429. The predicted octanol–water partition coefficient (Wildman–Crippen LogP) is 1.36. The quantitative estimate of drug-likeness (QED) is 0.448. The van der Waals surface area contributed by atoms with Crippen LogP contribution in [0.3, 0.4) is 0 Å². The van der Waals surface area contributed by atoms with Gasteiger partial charge in [0, 0.05) is 17.1 Å². The maximum absolute atomic E-state index is 12.9. The summed E-state index contributed by atoms with van der Waals surface area (Å²) in [7, 11) is 0. The SMILES string of the molecule is CC1CCCCC12NC(=O)N(CC(=O)NNC(=O)Cc1c[nH]c3ccccc13)C2=O. The number of fused-ring (bicyclic) bond motifs is 1. The van der Waals surface area contributed by atoms with Gasteiger partial charge in [0.1, 0.15) is 12.1 Å². The summed E-state index contributed by atoms with van der Waals surface area (Å²) in [4.78, 5) is 53.7. The second-order valence-corrected chi connectivity index (χ2v) is 8.07. The number of hydrogen-bond donors (Lipinski definition) is 4. The van der Waals surface area contributed by atoms with E-state index in [1.807, 2.05) is 31.2 Å². The molecule has 5 amide bonds. The second-order valence-electron chi connectivity index (χ2n) is 8.07. The summed E-state index contributed by atoms with van der Waals surface area (Å²) in [6, 6.07) is 7.05. The smallest absolute Gasteiger partial charge is 0.325 e. The molecule has 30 heavy (non-hydrogen) atoms. The third-order valence-corrected chi connectivity index (χ3v) is 6.17. The number of amides is 5. The molecule has 2 aliphatic rings. The van der Waals surface area contributed by atoms with E-state index in [-0.39, 0.29) is 18.2 Å². The van der Waals surface area contributed by atoms with Gasteiger partial charge in [0.25, 0.3) is 11.8 Å². The van der Waals surface area contributed by atoms with Crippen LogP contribution in [0.15, 0.2) is 30.5 Å². The number of H-pyrrole nitrogens is 1. The van der Waals surface area contributed by atoms with E-state index in [1.54, 1.807) is 6.20 Å². The van der Waals surface area contributed by atoms with Crippen LogP contribution in [-0.2, 0) is 20.8 Å². The Bertz CT molecular complexity index is 1020. The van der Waals surface area contributed by atoms with Gasteiger partial charge in [0.15, 0.2) is 0 Å². The molecule has 4 rings (SSSR count). The number of benzene rings is 1. The molecule has 2 unspecified atom stereocenters. The number of nitrogens with zero attached hydrogens (tertiary/aromatic N) is 1. The standard InChI is InChI=1S/C21H25N5O4/c1-13-6-4-5-9-21(13)19(29)26(20(30)23-21)12-18(28)25-24-17(27)10-14-11-22-16-8-3-2-7-15(14)16/h2-3,7-8,11,13,22H,4-6,9-10,12H2,1H3,(H,23,30)(H,24,27)(H,25,28). The van der Waals surface area contributed by atoms with Crippen molar-refractivity contribution < 1.29 is 19.2 Å². The van der Waals surface area contributed by atoms with E-state index in [0.29, 0.717) is 6.42 Å². The predicted molar refractivity (Wildman–Crippen MR) is 109 cm³/mol. The van der Waals surface area contributed by atoms with Crippen molar-refractivity contribution in [2.24, 2.45) is 5.92 Å². The van der Waals surface area contributed by atoms with Gasteiger partial charge in [-0.2, -0.15) is 0 Å². The molecule has 0 radical (unpaired) electrons. The number of nitrogens with one attached hydrogen (secondary N) is 4. The number of para-hydroxylation sites is 1. The van der Waals surface area contributed by atoms with Crippen LogP contribution in [-0.4, -0.2) is 45.7 Å². The first-order chi connectivity index (χ1) is 14.4. The van der Waals surface area contributed by atoms with Gasteiger partial charge < -0.3 is 10.3 Å². The monoisotopic (exact) mass is 411 g/mol. The summed E-state index contributed by atoms with van der Waals surface area (Å²) in [6.45, 7) is 1.51. The topological polar surface area (TPSA) is 123 Å². The lowest BCUT2D eigenvalue weighted by Crippen LogP contribution is -2.54. The highest BCUT2D eigenvalue weighted by Crippen LogP contribution is 2.38. The van der Waals surface area contributed by atoms with Crippen LogP contribution in [0.25, 0.3) is 10.9 Å². The van der Waals surface area contributed by atoms with Crippen molar-refractivity contribution in [2.75, 3.05) is 6.54 Å². The number of hydrogen-bond acceptors (Lipinski definition) is 4. The molecule has 2 aromatic rings. The van der Waals surface area contributed by atoms with Gasteiger partial charge in [0.05, 0.1) is 6.42 Å². The molecular weight excluding hydrogens is 386 g/mol. The van der Waals surface area contributed by atoms with Crippen LogP contribution < -0.4 is 16.2 Å². The Morgan fingerprint density at radius 2 is 1.93 bits per heavy atom. The maximum Gasteiger partial charge on any atom is 0.325 e. The number of carbonyl (C=O) groups is 4. The summed E-state index contributed by atoms with van der Waals surface area (Å²) in [5.41, 5.74) is 5.46. The molecule has 1 saturated heterocycles. The van der Waals surface area contributed by atoms with Crippen molar-refractivity contribution in [3.8, 4) is 0 Å². The Morgan fingerprint density at radius 3 is 2.73 bits per heavy atom. The summed E-state index contributed by atoms with van der Waals surface area (Å²) in [5.74, 6) is -1.37. The van der Waals surface area contributed by atoms with Gasteiger partial charge in [-0.25, -0.2) is 4.79 Å². The minimum absolute atomic E-state index is 0.0200. The molecule has 2 heterocycles.